The minimum absolute atomic E-state index is 0.00393. The highest BCUT2D eigenvalue weighted by atomic mass is 16.6. The Morgan fingerprint density at radius 3 is 1.56 bits per heavy atom. The number of hydrogen-bond donors (Lipinski definition) is 7. The van der Waals surface area contributed by atoms with Crippen molar-refractivity contribution in [3.8, 4) is 11.1 Å². The zero-order valence-corrected chi connectivity index (χ0v) is 70.4. The number of carboxylic acids is 1. The average Bonchev–Trinajstić information content (AvgIpc) is 1.57. The third kappa shape index (κ3) is 33.7. The van der Waals surface area contributed by atoms with Crippen LogP contribution in [0.3, 0.4) is 0 Å². The molecule has 0 radical (unpaired) electrons. The summed E-state index contributed by atoms with van der Waals surface area (Å²) in [4.78, 5) is 106. The summed E-state index contributed by atoms with van der Waals surface area (Å²) in [6.07, 6.45) is 1.82. The van der Waals surface area contributed by atoms with E-state index in [4.69, 9.17) is 76.3 Å². The van der Waals surface area contributed by atoms with Crippen LogP contribution in [0.4, 0.5) is 21.1 Å². The third-order valence-electron chi connectivity index (χ3n) is 19.2. The number of aromatic carboxylic acids is 1. The van der Waals surface area contributed by atoms with Crippen LogP contribution in [0.2, 0.25) is 0 Å². The lowest BCUT2D eigenvalue weighted by atomic mass is 9.98. The molecule has 7 N–H and O–H groups in total. The maximum atomic E-state index is 14.3. The molecule has 1 aliphatic rings. The summed E-state index contributed by atoms with van der Waals surface area (Å²) in [7, 11) is 5.67. The molecule has 0 aliphatic heterocycles. The normalized spacial score (nSPS) is 12.6. The molecule has 7 aromatic rings. The Bertz CT molecular complexity index is 4200. The number of imidazole rings is 1. The molecule has 32 heteroatoms. The number of pyridine rings is 1. The van der Waals surface area contributed by atoms with Gasteiger partial charge in [0, 0.05) is 56.6 Å². The molecule has 2 heterocycles. The molecule has 656 valence electrons. The van der Waals surface area contributed by atoms with Crippen LogP contribution in [0, 0.1) is 5.92 Å². The number of aryl methyl sites for hydroxylation is 1. The minimum Gasteiger partial charge on any atom is -0.478 e. The SMILES string of the molecule is CCCCc1nc2c(NC(=O)OCc3ccc(NC(=O)[C@H](C)NC(=O)[C@@H](NC(=O)[C@H](CCCCNC(=O)CCOCCOCCOCCOCCOCCOCCOCCOCCOCCOCCOCCOC)NC(=O)OCC4c5ccccc5-c5ccccc54)C(C)C)cc3)nc3cc(C(=O)O)ccc3c2n1Cc1ccc(CN(C)C)cc1. The molecular weight excluding hydrogens is 1550 g/mol. The molecule has 1 aliphatic carbocycles. The number of unbranched alkanes of at least 4 members (excludes halogenated alkanes) is 2. The Morgan fingerprint density at radius 1 is 0.525 bits per heavy atom. The van der Waals surface area contributed by atoms with Crippen LogP contribution in [0.5, 0.6) is 0 Å². The minimum atomic E-state index is -1.16. The number of amides is 6. The highest BCUT2D eigenvalue weighted by Crippen LogP contribution is 2.44. The second kappa shape index (κ2) is 54.6. The summed E-state index contributed by atoms with van der Waals surface area (Å²) < 4.78 is 79.3. The van der Waals surface area contributed by atoms with E-state index in [1.54, 1.807) is 51.3 Å². The van der Waals surface area contributed by atoms with Crippen molar-refractivity contribution in [2.75, 3.05) is 197 Å². The monoisotopic (exact) mass is 1670 g/mol. The molecular formula is C88H122N10O22. The van der Waals surface area contributed by atoms with E-state index < -0.39 is 59.9 Å². The molecule has 8 rings (SSSR count). The molecule has 0 saturated carbocycles. The molecule has 6 amide bonds. The smallest absolute Gasteiger partial charge is 0.413 e. The van der Waals surface area contributed by atoms with Crippen LogP contribution < -0.4 is 31.9 Å². The van der Waals surface area contributed by atoms with E-state index in [0.717, 1.165) is 58.6 Å². The molecule has 0 unspecified atom stereocenters. The fourth-order valence-corrected chi connectivity index (χ4v) is 13.0. The van der Waals surface area contributed by atoms with E-state index in [0.29, 0.717) is 198 Å². The molecule has 0 fully saturated rings. The van der Waals surface area contributed by atoms with E-state index in [2.05, 4.69) is 72.6 Å². The fraction of sp³-hybridized carbons (Fsp3) is 0.534. The lowest BCUT2D eigenvalue weighted by molar-refractivity contribution is -0.132. The number of benzene rings is 5. The van der Waals surface area contributed by atoms with E-state index in [-0.39, 0.29) is 69.0 Å². The van der Waals surface area contributed by atoms with Gasteiger partial charge in [0.05, 0.1) is 169 Å². The van der Waals surface area contributed by atoms with Gasteiger partial charge in [0.25, 0.3) is 0 Å². The Labute approximate surface area is 702 Å². The number of nitrogens with one attached hydrogen (secondary N) is 6. The van der Waals surface area contributed by atoms with Gasteiger partial charge in [0.15, 0.2) is 5.82 Å². The summed E-state index contributed by atoms with van der Waals surface area (Å²) in [5.74, 6) is -3.05. The molecule has 0 saturated heterocycles. The fourth-order valence-electron chi connectivity index (χ4n) is 13.0. The van der Waals surface area contributed by atoms with Crippen molar-refractivity contribution in [3.63, 3.8) is 0 Å². The summed E-state index contributed by atoms with van der Waals surface area (Å²) in [5.41, 5.74) is 8.76. The van der Waals surface area contributed by atoms with Crippen LogP contribution in [0.15, 0.2) is 115 Å². The van der Waals surface area contributed by atoms with E-state index >= 15 is 0 Å². The summed E-state index contributed by atoms with van der Waals surface area (Å²) in [6, 6.07) is 32.1. The number of carbonyl (C=O) groups is 7. The maximum Gasteiger partial charge on any atom is 0.413 e. The van der Waals surface area contributed by atoms with E-state index in [1.165, 1.54) is 19.1 Å². The Kier molecular flexibility index (Phi) is 43.6. The van der Waals surface area contributed by atoms with Crippen molar-refractivity contribution in [2.24, 2.45) is 5.92 Å². The van der Waals surface area contributed by atoms with Crippen LogP contribution in [-0.2, 0) is 112 Å². The first-order valence-corrected chi connectivity index (χ1v) is 41.4. The summed E-state index contributed by atoms with van der Waals surface area (Å²) >= 11 is 0. The van der Waals surface area contributed by atoms with Gasteiger partial charge in [-0.3, -0.25) is 24.5 Å². The Morgan fingerprint density at radius 2 is 1.04 bits per heavy atom. The zero-order chi connectivity index (χ0) is 85.5. The van der Waals surface area contributed by atoms with Gasteiger partial charge >= 0.3 is 18.2 Å². The van der Waals surface area contributed by atoms with Gasteiger partial charge in [-0.25, -0.2) is 24.4 Å². The molecule has 2 aromatic heterocycles. The molecule has 0 bridgehead atoms. The first-order chi connectivity index (χ1) is 58.4. The number of carbonyl (C=O) groups excluding carboxylic acids is 6. The van der Waals surface area contributed by atoms with Gasteiger partial charge in [-0.05, 0) is 122 Å². The second-order valence-electron chi connectivity index (χ2n) is 29.2. The zero-order valence-electron chi connectivity index (χ0n) is 70.4. The second-order valence-corrected chi connectivity index (χ2v) is 29.2. The standard InChI is InChI=1S/C88H122N10O22/c1-8-9-21-77-94-80-81(98(77)59-65-24-22-64(23-25-65)58-97(5)6)73-31-28-67(86(103)104)57-76(73)92-82(80)96-88(106)119-60-66-26-29-68(30-27-66)91-83(100)63(4)90-85(102)79(62(2)3)95-84(101)75(93-87(105)120-61-74-71-18-12-10-16-69(71)70-17-11-13-19-72(70)74)20-14-15-33-89-78(99)32-34-108-37-38-110-41-42-112-45-46-114-49-50-116-53-54-118-56-55-117-52-51-115-48-47-113-44-43-111-40-39-109-36-35-107-7/h10-13,16-19,22-31,57,62-63,74-75,79H,8-9,14-15,20-21,32-56,58-61H2,1-7H3,(H,89,99)(H,90,102)(H,91,100)(H,93,105)(H,95,101)(H,103,104)(H,92,96,106)/t63-,75-,79-/m0/s1. The number of fused-ring (bicyclic) bond motifs is 6. The predicted octanol–water partition coefficient (Wildman–Crippen LogP) is 9.48. The number of aromatic nitrogens is 3. The van der Waals surface area contributed by atoms with E-state index in [9.17, 15) is 38.7 Å². The number of ether oxygens (including phenoxy) is 14. The van der Waals surface area contributed by atoms with Crippen molar-refractivity contribution < 1.29 is 105 Å². The number of rotatable bonds is 62. The van der Waals surface area contributed by atoms with Crippen molar-refractivity contribution in [1.29, 1.82) is 0 Å². The van der Waals surface area contributed by atoms with Crippen LogP contribution >= 0.6 is 0 Å². The lowest BCUT2D eigenvalue weighted by Gasteiger charge is -2.26. The molecule has 3 atom stereocenters. The van der Waals surface area contributed by atoms with Crippen LogP contribution in [0.25, 0.3) is 33.1 Å². The largest absolute Gasteiger partial charge is 0.478 e. The highest BCUT2D eigenvalue weighted by Gasteiger charge is 2.33. The number of hydrogen-bond acceptors (Lipinski definition) is 24. The third-order valence-corrected chi connectivity index (χ3v) is 19.2. The predicted molar refractivity (Wildman–Crippen MR) is 451 cm³/mol. The number of carboxylic acid groups (broad SMARTS) is 1. The number of nitrogens with zero attached hydrogens (tertiary/aromatic N) is 4. The quantitative estimate of drug-likeness (QED) is 0.0174. The first-order valence-electron chi connectivity index (χ1n) is 41.4. The Hall–Kier alpha value is -9.65. The van der Waals surface area contributed by atoms with Gasteiger partial charge in [-0.15, -0.1) is 0 Å². The molecule has 120 heavy (non-hydrogen) atoms. The molecule has 32 nitrogen and oxygen atoms in total. The van der Waals surface area contributed by atoms with Gasteiger partial charge in [-0.2, -0.15) is 0 Å². The summed E-state index contributed by atoms with van der Waals surface area (Å²) in [6.45, 7) is 18.5. The van der Waals surface area contributed by atoms with Crippen LogP contribution in [-0.4, -0.2) is 271 Å². The van der Waals surface area contributed by atoms with Gasteiger partial charge in [0.2, 0.25) is 23.6 Å². The van der Waals surface area contributed by atoms with Gasteiger partial charge < -0.3 is 107 Å². The van der Waals surface area contributed by atoms with Crippen molar-refractivity contribution in [3.05, 3.63) is 154 Å². The van der Waals surface area contributed by atoms with Crippen LogP contribution in [0.1, 0.15) is 116 Å². The van der Waals surface area contributed by atoms with Crippen molar-refractivity contribution in [1.82, 2.24) is 40.7 Å². The Balaban J connectivity index is 0.709. The van der Waals surface area contributed by atoms with Crippen molar-refractivity contribution in [2.45, 2.75) is 116 Å². The van der Waals surface area contributed by atoms with Gasteiger partial charge in [-0.1, -0.05) is 112 Å². The number of methoxy groups -OCH3 is 1. The first kappa shape index (κ1) is 95.8. The number of anilines is 2. The topological polar surface area (TPSA) is 375 Å². The van der Waals surface area contributed by atoms with E-state index in [1.807, 2.05) is 62.6 Å². The lowest BCUT2D eigenvalue weighted by Crippen LogP contribution is -2.57. The molecule has 5 aromatic carbocycles. The average molecular weight is 1670 g/mol. The summed E-state index contributed by atoms with van der Waals surface area (Å²) in [5, 5.41) is 27.4. The highest BCUT2D eigenvalue weighted by molar-refractivity contribution is 6.10. The maximum absolute atomic E-state index is 14.3. The van der Waals surface area contributed by atoms with Crippen molar-refractivity contribution >= 4 is 75.2 Å². The molecule has 0 spiro atoms. The number of alkyl carbamates (subject to hydrolysis) is 1. The van der Waals surface area contributed by atoms with Gasteiger partial charge in [0.1, 0.15) is 42.7 Å².